The first-order valence-electron chi connectivity index (χ1n) is 5.26. The molecule has 0 amide bonds. The first-order valence-corrected chi connectivity index (χ1v) is 5.26. The third-order valence-corrected chi connectivity index (χ3v) is 2.56. The minimum Gasteiger partial charge on any atom is -0.481 e. The minimum atomic E-state index is -0.873. The van der Waals surface area contributed by atoms with Gasteiger partial charge in [0.05, 0.1) is 11.9 Å². The van der Waals surface area contributed by atoms with Crippen LogP contribution in [-0.4, -0.2) is 26.7 Å². The fourth-order valence-electron chi connectivity index (χ4n) is 1.76. The second-order valence-electron chi connectivity index (χ2n) is 3.89. The van der Waals surface area contributed by atoms with Gasteiger partial charge in [0.2, 0.25) is 0 Å². The van der Waals surface area contributed by atoms with Crippen LogP contribution >= 0.6 is 0 Å². The van der Waals surface area contributed by atoms with Crippen molar-refractivity contribution in [3.8, 4) is 0 Å². The van der Waals surface area contributed by atoms with Crippen LogP contribution in [0.15, 0.2) is 18.3 Å². The summed E-state index contributed by atoms with van der Waals surface area (Å²) in [6.45, 7) is 1.93. The molecule has 0 bridgehead atoms. The van der Waals surface area contributed by atoms with Crippen LogP contribution in [0.1, 0.15) is 28.3 Å². The number of carboxylic acid groups (broad SMARTS) is 1. The van der Waals surface area contributed by atoms with Crippen LogP contribution in [0.5, 0.6) is 0 Å². The Balaban J connectivity index is 2.50. The van der Waals surface area contributed by atoms with Gasteiger partial charge in [-0.3, -0.25) is 9.59 Å². The number of aliphatic carboxylic acids is 1. The Morgan fingerprint density at radius 3 is 2.94 bits per heavy atom. The number of aromatic nitrogens is 2. The molecule has 5 heteroatoms. The van der Waals surface area contributed by atoms with Gasteiger partial charge in [-0.2, -0.15) is 0 Å². The van der Waals surface area contributed by atoms with E-state index in [0.717, 1.165) is 5.56 Å². The molecule has 0 aliphatic heterocycles. The molecule has 2 aromatic heterocycles. The van der Waals surface area contributed by atoms with Crippen LogP contribution in [0.2, 0.25) is 0 Å². The van der Waals surface area contributed by atoms with Crippen molar-refractivity contribution in [3.63, 3.8) is 0 Å². The predicted octanol–water partition coefficient (Wildman–Crippen LogP) is 1.47. The van der Waals surface area contributed by atoms with E-state index in [1.165, 1.54) is 0 Å². The molecule has 0 saturated heterocycles. The molecular weight excluding hydrogens is 220 g/mol. The minimum absolute atomic E-state index is 0.00531. The molecule has 0 atom stereocenters. The van der Waals surface area contributed by atoms with Crippen LogP contribution in [0.3, 0.4) is 0 Å². The van der Waals surface area contributed by atoms with Gasteiger partial charge in [0.15, 0.2) is 6.29 Å². The molecule has 2 heterocycles. The lowest BCUT2D eigenvalue weighted by Crippen LogP contribution is -2.01. The molecule has 0 spiro atoms. The van der Waals surface area contributed by atoms with Gasteiger partial charge in [-0.25, -0.2) is 4.98 Å². The monoisotopic (exact) mass is 232 g/mol. The lowest BCUT2D eigenvalue weighted by Gasteiger charge is -2.00. The molecule has 2 aromatic rings. The number of fused-ring (bicyclic) bond motifs is 1. The molecular formula is C12H12N2O3. The van der Waals surface area contributed by atoms with Gasteiger partial charge in [0.1, 0.15) is 11.5 Å². The van der Waals surface area contributed by atoms with Gasteiger partial charge >= 0.3 is 5.97 Å². The summed E-state index contributed by atoms with van der Waals surface area (Å²) in [5.74, 6) is -0.268. The third-order valence-electron chi connectivity index (χ3n) is 2.56. The van der Waals surface area contributed by atoms with E-state index in [-0.39, 0.29) is 6.42 Å². The lowest BCUT2D eigenvalue weighted by molar-refractivity contribution is -0.137. The van der Waals surface area contributed by atoms with Crippen LogP contribution < -0.4 is 0 Å². The van der Waals surface area contributed by atoms with Crippen molar-refractivity contribution in [2.75, 3.05) is 0 Å². The predicted molar refractivity (Wildman–Crippen MR) is 61.3 cm³/mol. The van der Waals surface area contributed by atoms with E-state index in [4.69, 9.17) is 5.11 Å². The van der Waals surface area contributed by atoms with Crippen molar-refractivity contribution in [2.24, 2.45) is 0 Å². The van der Waals surface area contributed by atoms with Crippen molar-refractivity contribution in [1.82, 2.24) is 9.38 Å². The van der Waals surface area contributed by atoms with Gasteiger partial charge in [-0.05, 0) is 18.6 Å². The topological polar surface area (TPSA) is 71.7 Å². The number of carbonyl (C=O) groups is 2. The first kappa shape index (κ1) is 11.3. The van der Waals surface area contributed by atoms with Gasteiger partial charge < -0.3 is 9.51 Å². The Bertz CT molecular complexity index is 587. The SMILES string of the molecule is Cc1ccc2c(C=O)nc(CCC(=O)O)n2c1. The number of hydrogen-bond donors (Lipinski definition) is 1. The highest BCUT2D eigenvalue weighted by Gasteiger charge is 2.11. The Morgan fingerprint density at radius 2 is 2.29 bits per heavy atom. The average Bonchev–Trinajstić information content (AvgIpc) is 2.63. The van der Waals surface area contributed by atoms with E-state index < -0.39 is 5.97 Å². The van der Waals surface area contributed by atoms with Crippen LogP contribution in [0, 0.1) is 6.92 Å². The number of rotatable bonds is 4. The van der Waals surface area contributed by atoms with E-state index in [1.54, 1.807) is 4.40 Å². The van der Waals surface area contributed by atoms with Crippen LogP contribution in [0.4, 0.5) is 0 Å². The molecule has 0 saturated carbocycles. The maximum atomic E-state index is 10.9. The van der Waals surface area contributed by atoms with Gasteiger partial charge in [0, 0.05) is 12.6 Å². The number of pyridine rings is 1. The van der Waals surface area contributed by atoms with Crippen LogP contribution in [-0.2, 0) is 11.2 Å². The van der Waals surface area contributed by atoms with Crippen molar-refractivity contribution in [3.05, 3.63) is 35.4 Å². The summed E-state index contributed by atoms with van der Waals surface area (Å²) in [6, 6.07) is 3.71. The average molecular weight is 232 g/mol. The van der Waals surface area contributed by atoms with E-state index in [9.17, 15) is 9.59 Å². The van der Waals surface area contributed by atoms with Gasteiger partial charge in [0.25, 0.3) is 0 Å². The van der Waals surface area contributed by atoms with Crippen molar-refractivity contribution >= 4 is 17.8 Å². The van der Waals surface area contributed by atoms with E-state index in [0.29, 0.717) is 29.7 Å². The van der Waals surface area contributed by atoms with E-state index in [2.05, 4.69) is 4.98 Å². The number of nitrogens with zero attached hydrogens (tertiary/aromatic N) is 2. The summed E-state index contributed by atoms with van der Waals surface area (Å²) < 4.78 is 1.78. The highest BCUT2D eigenvalue weighted by atomic mass is 16.4. The normalized spacial score (nSPS) is 10.6. The number of aldehydes is 1. The molecule has 0 radical (unpaired) electrons. The highest BCUT2D eigenvalue weighted by Crippen LogP contribution is 2.14. The third kappa shape index (κ3) is 2.18. The quantitative estimate of drug-likeness (QED) is 0.810. The highest BCUT2D eigenvalue weighted by molar-refractivity contribution is 5.83. The van der Waals surface area contributed by atoms with Crippen molar-refractivity contribution in [1.29, 1.82) is 0 Å². The first-order chi connectivity index (χ1) is 8.11. The maximum Gasteiger partial charge on any atom is 0.303 e. The molecule has 0 aliphatic rings. The Kier molecular flexibility index (Phi) is 2.91. The molecule has 0 aliphatic carbocycles. The summed E-state index contributed by atoms with van der Waals surface area (Å²) >= 11 is 0. The van der Waals surface area contributed by atoms with Gasteiger partial charge in [-0.1, -0.05) is 6.07 Å². The number of carbonyl (C=O) groups excluding carboxylic acids is 1. The zero-order chi connectivity index (χ0) is 12.4. The number of hydrogen-bond acceptors (Lipinski definition) is 3. The molecule has 0 unspecified atom stereocenters. The van der Waals surface area contributed by atoms with Crippen molar-refractivity contribution in [2.45, 2.75) is 19.8 Å². The zero-order valence-corrected chi connectivity index (χ0v) is 9.38. The maximum absolute atomic E-state index is 10.9. The van der Waals surface area contributed by atoms with Crippen LogP contribution in [0.25, 0.3) is 5.52 Å². The second kappa shape index (κ2) is 4.37. The summed E-state index contributed by atoms with van der Waals surface area (Å²) in [5.41, 5.74) is 2.10. The summed E-state index contributed by atoms with van der Waals surface area (Å²) in [6.07, 6.45) is 2.86. The van der Waals surface area contributed by atoms with E-state index >= 15 is 0 Å². The molecule has 5 nitrogen and oxygen atoms in total. The fraction of sp³-hybridized carbons (Fsp3) is 0.250. The molecule has 17 heavy (non-hydrogen) atoms. The molecule has 0 aromatic carbocycles. The Morgan fingerprint density at radius 1 is 1.53 bits per heavy atom. The summed E-state index contributed by atoms with van der Waals surface area (Å²) in [5, 5.41) is 8.66. The standard InChI is InChI=1S/C12H12N2O3/c1-8-2-3-10-9(7-15)13-11(14(10)6-8)4-5-12(16)17/h2-3,6-7H,4-5H2,1H3,(H,16,17). The Hall–Kier alpha value is -2.17. The second-order valence-corrected chi connectivity index (χ2v) is 3.89. The molecule has 2 rings (SSSR count). The van der Waals surface area contributed by atoms with Gasteiger partial charge in [-0.15, -0.1) is 0 Å². The Labute approximate surface area is 97.7 Å². The number of imidazole rings is 1. The smallest absolute Gasteiger partial charge is 0.303 e. The molecule has 0 fully saturated rings. The summed E-state index contributed by atoms with van der Waals surface area (Å²) in [7, 11) is 0. The fourth-order valence-corrected chi connectivity index (χ4v) is 1.76. The zero-order valence-electron chi connectivity index (χ0n) is 9.38. The largest absolute Gasteiger partial charge is 0.481 e. The lowest BCUT2D eigenvalue weighted by atomic mass is 10.2. The number of carboxylic acids is 1. The van der Waals surface area contributed by atoms with Crippen molar-refractivity contribution < 1.29 is 14.7 Å². The van der Waals surface area contributed by atoms with E-state index in [1.807, 2.05) is 25.3 Å². The number of aryl methyl sites for hydroxylation is 2. The molecule has 88 valence electrons. The molecule has 1 N–H and O–H groups in total. The summed E-state index contributed by atoms with van der Waals surface area (Å²) in [4.78, 5) is 25.6.